The van der Waals surface area contributed by atoms with Gasteiger partial charge in [-0.15, -0.1) is 21.6 Å². The van der Waals surface area contributed by atoms with Crippen LogP contribution in [0.4, 0.5) is 11.4 Å². The van der Waals surface area contributed by atoms with Crippen LogP contribution in [0.3, 0.4) is 0 Å². The van der Waals surface area contributed by atoms with Gasteiger partial charge < -0.3 is 4.74 Å². The van der Waals surface area contributed by atoms with Crippen molar-refractivity contribution in [3.05, 3.63) is 100 Å². The van der Waals surface area contributed by atoms with E-state index in [2.05, 4.69) is 26.4 Å². The van der Waals surface area contributed by atoms with Gasteiger partial charge in [0.25, 0.3) is 0 Å². The Morgan fingerprint density at radius 2 is 1.71 bits per heavy atom. The number of nitrogens with one attached hydrogen (secondary N) is 1. The number of nitrogens with zero attached hydrogens (tertiary/aromatic N) is 5. The first-order valence-electron chi connectivity index (χ1n) is 10.6. The second-order valence-electron chi connectivity index (χ2n) is 7.41. The fourth-order valence-corrected chi connectivity index (χ4v) is 4.27. The van der Waals surface area contributed by atoms with Gasteiger partial charge in [-0.1, -0.05) is 42.5 Å². The third kappa shape index (κ3) is 4.38. The molecule has 0 saturated carbocycles. The fraction of sp³-hybridized carbons (Fsp3) is 0.0385. The van der Waals surface area contributed by atoms with Crippen LogP contribution >= 0.6 is 11.3 Å². The van der Waals surface area contributed by atoms with E-state index in [4.69, 9.17) is 4.74 Å². The normalized spacial score (nSPS) is 11.0. The van der Waals surface area contributed by atoms with E-state index < -0.39 is 5.56 Å². The molecular weight excluding hydrogens is 460 g/mol. The highest BCUT2D eigenvalue weighted by Gasteiger charge is 2.19. The van der Waals surface area contributed by atoms with Gasteiger partial charge in [-0.05, 0) is 36.4 Å². The van der Waals surface area contributed by atoms with Gasteiger partial charge in [0.15, 0.2) is 5.69 Å². The van der Waals surface area contributed by atoms with Gasteiger partial charge in [-0.25, -0.2) is 4.98 Å². The molecule has 3 aromatic carbocycles. The average Bonchev–Trinajstić information content (AvgIpc) is 3.53. The summed E-state index contributed by atoms with van der Waals surface area (Å²) < 4.78 is 6.58. The summed E-state index contributed by atoms with van der Waals surface area (Å²) in [6.45, 7) is 0. The second kappa shape index (κ2) is 9.59. The number of azo groups is 1. The van der Waals surface area contributed by atoms with Crippen LogP contribution in [0.1, 0.15) is 5.56 Å². The molecule has 0 aliphatic rings. The molecule has 0 bridgehead atoms. The van der Waals surface area contributed by atoms with Gasteiger partial charge in [0.05, 0.1) is 24.1 Å². The third-order valence-electron chi connectivity index (χ3n) is 5.28. The van der Waals surface area contributed by atoms with Crippen molar-refractivity contribution in [3.63, 3.8) is 0 Å². The molecule has 35 heavy (non-hydrogen) atoms. The Bertz CT molecular complexity index is 1610. The molecule has 0 unspecified atom stereocenters. The maximum atomic E-state index is 13.4. The molecule has 0 saturated heterocycles. The summed E-state index contributed by atoms with van der Waals surface area (Å²) in [4.78, 5) is 18.1. The monoisotopic (exact) mass is 478 g/mol. The number of hydrogen-bond donors (Lipinski definition) is 1. The maximum absolute atomic E-state index is 13.4. The van der Waals surface area contributed by atoms with Crippen molar-refractivity contribution < 1.29 is 4.74 Å². The molecule has 2 aromatic heterocycles. The van der Waals surface area contributed by atoms with E-state index in [-0.39, 0.29) is 5.69 Å². The van der Waals surface area contributed by atoms with E-state index in [1.54, 1.807) is 31.4 Å². The van der Waals surface area contributed by atoms with Crippen molar-refractivity contribution in [1.29, 1.82) is 5.26 Å². The van der Waals surface area contributed by atoms with Crippen LogP contribution in [0.15, 0.2) is 99.3 Å². The van der Waals surface area contributed by atoms with Crippen LogP contribution in [-0.2, 0) is 0 Å². The molecule has 0 spiro atoms. The van der Waals surface area contributed by atoms with Gasteiger partial charge in [-0.2, -0.15) is 9.94 Å². The lowest BCUT2D eigenvalue weighted by Crippen LogP contribution is -2.13. The number of nitriles is 1. The van der Waals surface area contributed by atoms with E-state index in [9.17, 15) is 10.1 Å². The molecule has 8 nitrogen and oxygen atoms in total. The Morgan fingerprint density at radius 1 is 0.971 bits per heavy atom. The molecule has 0 fully saturated rings. The van der Waals surface area contributed by atoms with Crippen LogP contribution in [0.25, 0.3) is 27.6 Å². The van der Waals surface area contributed by atoms with Crippen molar-refractivity contribution in [2.24, 2.45) is 10.2 Å². The van der Waals surface area contributed by atoms with Crippen LogP contribution in [0, 0.1) is 11.3 Å². The highest BCUT2D eigenvalue weighted by Crippen LogP contribution is 2.30. The first-order chi connectivity index (χ1) is 17.2. The van der Waals surface area contributed by atoms with Crippen molar-refractivity contribution in [3.8, 4) is 39.5 Å². The van der Waals surface area contributed by atoms with Crippen molar-refractivity contribution >= 4 is 22.7 Å². The number of H-pyrrole nitrogens is 1. The molecule has 0 aliphatic carbocycles. The summed E-state index contributed by atoms with van der Waals surface area (Å²) in [6, 6.07) is 25.9. The SMILES string of the molecule is COc1ccc(-c2csc(-n3[nH]c(-c4ccccc4)c(N=Nc4ccccc4C#N)c3=O)n2)cc1. The Balaban J connectivity index is 1.59. The lowest BCUT2D eigenvalue weighted by atomic mass is 10.1. The van der Waals surface area contributed by atoms with Gasteiger partial charge in [0.1, 0.15) is 17.5 Å². The smallest absolute Gasteiger partial charge is 0.301 e. The van der Waals surface area contributed by atoms with Crippen molar-refractivity contribution in [1.82, 2.24) is 14.8 Å². The Hall–Kier alpha value is -4.81. The molecule has 9 heteroatoms. The zero-order valence-electron chi connectivity index (χ0n) is 18.5. The second-order valence-corrected chi connectivity index (χ2v) is 8.25. The molecule has 0 amide bonds. The molecule has 1 N–H and O–H groups in total. The molecule has 0 aliphatic heterocycles. The van der Waals surface area contributed by atoms with E-state index in [0.717, 1.165) is 22.6 Å². The van der Waals surface area contributed by atoms with Crippen molar-refractivity contribution in [2.75, 3.05) is 7.11 Å². The van der Waals surface area contributed by atoms with Crippen LogP contribution in [-0.4, -0.2) is 21.9 Å². The average molecular weight is 479 g/mol. The zero-order valence-corrected chi connectivity index (χ0v) is 19.4. The predicted octanol–water partition coefficient (Wildman–Crippen LogP) is 6.25. The summed E-state index contributed by atoms with van der Waals surface area (Å²) in [6.07, 6.45) is 0. The first kappa shape index (κ1) is 22.0. The number of thiazole rings is 1. The first-order valence-corrected chi connectivity index (χ1v) is 11.5. The fourth-order valence-electron chi connectivity index (χ4n) is 3.48. The molecular formula is C26H18N6O2S. The number of rotatable bonds is 6. The topological polar surface area (TPSA) is 108 Å². The Morgan fingerprint density at radius 3 is 2.46 bits per heavy atom. The minimum atomic E-state index is -0.391. The molecule has 2 heterocycles. The summed E-state index contributed by atoms with van der Waals surface area (Å²) in [5.41, 5.74) is 3.43. The largest absolute Gasteiger partial charge is 0.497 e. The predicted molar refractivity (Wildman–Crippen MR) is 135 cm³/mol. The van der Waals surface area contributed by atoms with E-state index in [1.807, 2.05) is 60.0 Å². The van der Waals surface area contributed by atoms with Gasteiger partial charge in [-0.3, -0.25) is 9.89 Å². The van der Waals surface area contributed by atoms with Gasteiger partial charge in [0, 0.05) is 16.5 Å². The molecule has 5 aromatic rings. The lowest BCUT2D eigenvalue weighted by Gasteiger charge is -2.00. The number of methoxy groups -OCH3 is 1. The van der Waals surface area contributed by atoms with Crippen molar-refractivity contribution in [2.45, 2.75) is 0 Å². The number of ether oxygens (including phenoxy) is 1. The van der Waals surface area contributed by atoms with Gasteiger partial charge >= 0.3 is 5.56 Å². The van der Waals surface area contributed by atoms with Gasteiger partial charge in [0.2, 0.25) is 5.13 Å². The summed E-state index contributed by atoms with van der Waals surface area (Å²) in [5, 5.41) is 23.3. The maximum Gasteiger partial charge on any atom is 0.301 e. The zero-order chi connectivity index (χ0) is 24.2. The Kier molecular flexibility index (Phi) is 6.03. The number of hydrogen-bond acceptors (Lipinski definition) is 7. The van der Waals surface area contributed by atoms with E-state index >= 15 is 0 Å². The van der Waals surface area contributed by atoms with E-state index in [1.165, 1.54) is 16.0 Å². The standard InChI is InChI=1S/C26H18N6O2S/c1-34-20-13-11-17(12-14-20)22-16-35-26(28-22)32-25(33)24(23(31-32)18-7-3-2-4-8-18)30-29-21-10-6-5-9-19(21)15-27/h2-14,16,31H,1H3. The highest BCUT2D eigenvalue weighted by atomic mass is 32.1. The number of aromatic nitrogens is 3. The summed E-state index contributed by atoms with van der Waals surface area (Å²) in [5.74, 6) is 0.755. The number of benzene rings is 3. The lowest BCUT2D eigenvalue weighted by molar-refractivity contribution is 0.415. The Labute approximate surface area is 204 Å². The number of aromatic amines is 1. The quantitative estimate of drug-likeness (QED) is 0.291. The summed E-state index contributed by atoms with van der Waals surface area (Å²) >= 11 is 1.33. The van der Waals surface area contributed by atoms with Crippen LogP contribution < -0.4 is 10.3 Å². The minimum absolute atomic E-state index is 0.130. The molecule has 0 radical (unpaired) electrons. The third-order valence-corrected chi connectivity index (χ3v) is 6.11. The van der Waals surface area contributed by atoms with E-state index in [0.29, 0.717) is 22.1 Å². The molecule has 5 rings (SSSR count). The van der Waals surface area contributed by atoms with Crippen LogP contribution in [0.5, 0.6) is 5.75 Å². The highest BCUT2D eigenvalue weighted by molar-refractivity contribution is 7.12. The summed E-state index contributed by atoms with van der Waals surface area (Å²) in [7, 11) is 1.62. The molecule has 170 valence electrons. The molecule has 0 atom stereocenters. The van der Waals surface area contributed by atoms with Crippen LogP contribution in [0.2, 0.25) is 0 Å². The minimum Gasteiger partial charge on any atom is -0.497 e.